The Morgan fingerprint density at radius 1 is 1.57 bits per heavy atom. The molecule has 14 heavy (non-hydrogen) atoms. The van der Waals surface area contributed by atoms with Crippen molar-refractivity contribution in [2.24, 2.45) is 5.84 Å². The molecular formula is C10H13N3O. The van der Waals surface area contributed by atoms with E-state index in [-0.39, 0.29) is 0 Å². The summed E-state index contributed by atoms with van der Waals surface area (Å²) in [6, 6.07) is 7.59. The molecule has 0 amide bonds. The van der Waals surface area contributed by atoms with Crippen LogP contribution in [0.5, 0.6) is 5.75 Å². The minimum atomic E-state index is 0.320. The van der Waals surface area contributed by atoms with Gasteiger partial charge in [0.2, 0.25) is 0 Å². The molecule has 1 aromatic rings. The van der Waals surface area contributed by atoms with Crippen LogP contribution in [-0.2, 0) is 6.42 Å². The van der Waals surface area contributed by atoms with Crippen molar-refractivity contribution in [3.63, 3.8) is 0 Å². The van der Waals surface area contributed by atoms with E-state index in [0.29, 0.717) is 24.5 Å². The van der Waals surface area contributed by atoms with E-state index >= 15 is 0 Å². The van der Waals surface area contributed by atoms with Crippen LogP contribution in [0, 0.1) is 11.3 Å². The van der Waals surface area contributed by atoms with Gasteiger partial charge in [-0.05, 0) is 18.6 Å². The van der Waals surface area contributed by atoms with Crippen LogP contribution in [0.1, 0.15) is 12.5 Å². The molecule has 0 bridgehead atoms. The first-order chi connectivity index (χ1) is 6.83. The zero-order valence-corrected chi connectivity index (χ0v) is 8.08. The van der Waals surface area contributed by atoms with Crippen LogP contribution in [0.25, 0.3) is 0 Å². The third-order valence-corrected chi connectivity index (χ3v) is 1.83. The van der Waals surface area contributed by atoms with Crippen LogP contribution in [0.3, 0.4) is 0 Å². The Morgan fingerprint density at radius 3 is 2.93 bits per heavy atom. The summed E-state index contributed by atoms with van der Waals surface area (Å²) in [5, 5.41) is 8.60. The van der Waals surface area contributed by atoms with Crippen molar-refractivity contribution in [2.45, 2.75) is 13.3 Å². The standard InChI is InChI=1S/C10H13N3O/c1-2-14-9-5-3-4-8(6-7-11)10(9)13-12/h3-5,13H,2,6,12H2,1H3. The number of hydrogen-bond donors (Lipinski definition) is 2. The van der Waals surface area contributed by atoms with Crippen molar-refractivity contribution in [3.05, 3.63) is 23.8 Å². The average molecular weight is 191 g/mol. The van der Waals surface area contributed by atoms with Crippen LogP contribution >= 0.6 is 0 Å². The Morgan fingerprint density at radius 2 is 2.36 bits per heavy atom. The maximum Gasteiger partial charge on any atom is 0.144 e. The van der Waals surface area contributed by atoms with Gasteiger partial charge >= 0.3 is 0 Å². The second-order valence-electron chi connectivity index (χ2n) is 2.70. The van der Waals surface area contributed by atoms with Gasteiger partial charge in [-0.1, -0.05) is 12.1 Å². The second kappa shape index (κ2) is 5.10. The van der Waals surface area contributed by atoms with Gasteiger partial charge in [0.05, 0.1) is 24.8 Å². The van der Waals surface area contributed by atoms with Crippen LogP contribution in [0.15, 0.2) is 18.2 Å². The molecule has 0 aliphatic rings. The highest BCUT2D eigenvalue weighted by atomic mass is 16.5. The van der Waals surface area contributed by atoms with Crippen molar-refractivity contribution in [1.82, 2.24) is 0 Å². The molecule has 1 rings (SSSR count). The number of nitrogens with zero attached hydrogens (tertiary/aromatic N) is 1. The van der Waals surface area contributed by atoms with Gasteiger partial charge in [-0.15, -0.1) is 0 Å². The average Bonchev–Trinajstić information content (AvgIpc) is 2.19. The molecule has 0 spiro atoms. The van der Waals surface area contributed by atoms with Gasteiger partial charge in [-0.2, -0.15) is 5.26 Å². The third kappa shape index (κ3) is 2.15. The SMILES string of the molecule is CCOc1cccc(CC#N)c1NN. The molecule has 0 unspecified atom stereocenters. The van der Waals surface area contributed by atoms with Crippen LogP contribution in [0.4, 0.5) is 5.69 Å². The predicted octanol–water partition coefficient (Wildman–Crippen LogP) is 1.44. The number of hydrazine groups is 1. The number of nitriles is 1. The van der Waals surface area contributed by atoms with Crippen molar-refractivity contribution in [1.29, 1.82) is 5.26 Å². The minimum Gasteiger partial charge on any atom is -0.492 e. The van der Waals surface area contributed by atoms with Crippen molar-refractivity contribution in [3.8, 4) is 11.8 Å². The number of hydrogen-bond acceptors (Lipinski definition) is 4. The molecule has 0 aliphatic carbocycles. The van der Waals surface area contributed by atoms with Gasteiger partial charge < -0.3 is 10.2 Å². The summed E-state index contributed by atoms with van der Waals surface area (Å²) < 4.78 is 5.36. The molecule has 0 aliphatic heterocycles. The van der Waals surface area contributed by atoms with Gasteiger partial charge in [0.1, 0.15) is 5.75 Å². The summed E-state index contributed by atoms with van der Waals surface area (Å²) in [5.41, 5.74) is 4.10. The van der Waals surface area contributed by atoms with E-state index in [1.807, 2.05) is 25.1 Å². The quantitative estimate of drug-likeness (QED) is 0.558. The summed E-state index contributed by atoms with van der Waals surface area (Å²) in [4.78, 5) is 0. The lowest BCUT2D eigenvalue weighted by Crippen LogP contribution is -2.11. The first kappa shape index (κ1) is 10.4. The molecule has 0 radical (unpaired) electrons. The minimum absolute atomic E-state index is 0.320. The monoisotopic (exact) mass is 191 g/mol. The fourth-order valence-electron chi connectivity index (χ4n) is 1.25. The van der Waals surface area contributed by atoms with E-state index in [1.165, 1.54) is 0 Å². The van der Waals surface area contributed by atoms with Gasteiger partial charge in [-0.3, -0.25) is 5.84 Å². The topological polar surface area (TPSA) is 71.1 Å². The molecular weight excluding hydrogens is 178 g/mol. The normalized spacial score (nSPS) is 9.21. The zero-order chi connectivity index (χ0) is 10.4. The maximum atomic E-state index is 8.60. The summed E-state index contributed by atoms with van der Waals surface area (Å²) in [6.07, 6.45) is 0.320. The number of benzene rings is 1. The van der Waals surface area contributed by atoms with Crippen LogP contribution < -0.4 is 16.0 Å². The second-order valence-corrected chi connectivity index (χ2v) is 2.70. The molecule has 0 fully saturated rings. The fourth-order valence-corrected chi connectivity index (χ4v) is 1.25. The number of nitrogen functional groups attached to an aromatic ring is 1. The van der Waals surface area contributed by atoms with Crippen LogP contribution in [0.2, 0.25) is 0 Å². The van der Waals surface area contributed by atoms with Gasteiger partial charge in [0.15, 0.2) is 0 Å². The molecule has 0 saturated heterocycles. The summed E-state index contributed by atoms with van der Waals surface area (Å²) in [7, 11) is 0. The molecule has 4 nitrogen and oxygen atoms in total. The third-order valence-electron chi connectivity index (χ3n) is 1.83. The van der Waals surface area contributed by atoms with Crippen molar-refractivity contribution >= 4 is 5.69 Å². The van der Waals surface area contributed by atoms with E-state index in [4.69, 9.17) is 15.8 Å². The fraction of sp³-hybridized carbons (Fsp3) is 0.300. The predicted molar refractivity (Wildman–Crippen MR) is 54.7 cm³/mol. The Hall–Kier alpha value is -1.73. The molecule has 0 saturated carbocycles. The number of nitrogens with one attached hydrogen (secondary N) is 1. The summed E-state index contributed by atoms with van der Waals surface area (Å²) in [5.74, 6) is 6.06. The molecule has 1 aromatic carbocycles. The van der Waals surface area contributed by atoms with E-state index in [2.05, 4.69) is 11.5 Å². The van der Waals surface area contributed by atoms with E-state index in [0.717, 1.165) is 5.56 Å². The smallest absolute Gasteiger partial charge is 0.144 e. The Kier molecular flexibility index (Phi) is 3.77. The van der Waals surface area contributed by atoms with E-state index in [1.54, 1.807) is 0 Å². The van der Waals surface area contributed by atoms with Crippen LogP contribution in [-0.4, -0.2) is 6.61 Å². The summed E-state index contributed by atoms with van der Waals surface area (Å²) in [6.45, 7) is 2.47. The van der Waals surface area contributed by atoms with Gasteiger partial charge in [-0.25, -0.2) is 0 Å². The number of ether oxygens (including phenoxy) is 1. The molecule has 0 atom stereocenters. The lowest BCUT2D eigenvalue weighted by Gasteiger charge is -2.12. The molecule has 3 N–H and O–H groups in total. The highest BCUT2D eigenvalue weighted by Crippen LogP contribution is 2.27. The first-order valence-electron chi connectivity index (χ1n) is 4.41. The van der Waals surface area contributed by atoms with Crippen molar-refractivity contribution < 1.29 is 4.74 Å². The molecule has 74 valence electrons. The molecule has 0 aromatic heterocycles. The number of para-hydroxylation sites is 1. The maximum absolute atomic E-state index is 8.60. The van der Waals surface area contributed by atoms with E-state index < -0.39 is 0 Å². The van der Waals surface area contributed by atoms with Crippen molar-refractivity contribution in [2.75, 3.05) is 12.0 Å². The van der Waals surface area contributed by atoms with Gasteiger partial charge in [0, 0.05) is 0 Å². The lowest BCUT2D eigenvalue weighted by molar-refractivity contribution is 0.341. The number of anilines is 1. The Balaban J connectivity index is 3.05. The number of nitrogens with two attached hydrogens (primary N) is 1. The first-order valence-corrected chi connectivity index (χ1v) is 4.41. The van der Waals surface area contributed by atoms with E-state index in [9.17, 15) is 0 Å². The highest BCUT2D eigenvalue weighted by Gasteiger charge is 2.06. The summed E-state index contributed by atoms with van der Waals surface area (Å²) >= 11 is 0. The molecule has 4 heteroatoms. The van der Waals surface area contributed by atoms with Gasteiger partial charge in [0.25, 0.3) is 0 Å². The largest absolute Gasteiger partial charge is 0.492 e. The zero-order valence-electron chi connectivity index (χ0n) is 8.08. The molecule has 0 heterocycles. The number of rotatable bonds is 4. The Bertz CT molecular complexity index is 344. The highest BCUT2D eigenvalue weighted by molar-refractivity contribution is 5.62. The lowest BCUT2D eigenvalue weighted by atomic mass is 10.1. The Labute approximate surface area is 83.3 Å².